The van der Waals surface area contributed by atoms with E-state index in [-0.39, 0.29) is 10.8 Å². The Hall–Kier alpha value is -8.34. The van der Waals surface area contributed by atoms with Crippen LogP contribution in [0.25, 0.3) is 66.8 Å². The zero-order valence-electron chi connectivity index (χ0n) is 38.5. The van der Waals surface area contributed by atoms with Crippen LogP contribution in [0, 0.1) is 0 Å². The summed E-state index contributed by atoms with van der Waals surface area (Å²) < 4.78 is 13.4. The van der Waals surface area contributed by atoms with Crippen molar-refractivity contribution in [2.75, 3.05) is 9.80 Å². The second kappa shape index (κ2) is 15.1. The molecule has 0 unspecified atom stereocenters. The summed E-state index contributed by atoms with van der Waals surface area (Å²) in [4.78, 5) is 4.68. The van der Waals surface area contributed by atoms with Crippen LogP contribution in [-0.2, 0) is 10.8 Å². The maximum Gasteiger partial charge on any atom is 0.135 e. The summed E-state index contributed by atoms with van der Waals surface area (Å²) >= 11 is 0. The second-order valence-electron chi connectivity index (χ2n) is 19.4. The van der Waals surface area contributed by atoms with Gasteiger partial charge in [0.1, 0.15) is 22.7 Å². The summed E-state index contributed by atoms with van der Waals surface area (Å²) in [6, 6.07) is 78.5. The zero-order valence-corrected chi connectivity index (χ0v) is 38.5. The first-order chi connectivity index (χ1) is 33.2. The van der Waals surface area contributed by atoms with E-state index in [2.05, 4.69) is 256 Å². The van der Waals surface area contributed by atoms with Gasteiger partial charge in [0.25, 0.3) is 0 Å². The van der Waals surface area contributed by atoms with E-state index in [0.717, 1.165) is 78.7 Å². The van der Waals surface area contributed by atoms with Crippen molar-refractivity contribution < 1.29 is 8.83 Å². The molecule has 0 saturated heterocycles. The molecule has 2 aliphatic carbocycles. The third-order valence-electron chi connectivity index (χ3n) is 14.6. The van der Waals surface area contributed by atoms with Crippen molar-refractivity contribution in [2.45, 2.75) is 38.5 Å². The molecule has 0 N–H and O–H groups in total. The fraction of sp³-hybridized carbons (Fsp3) is 0.0938. The number of benzene rings is 9. The van der Waals surface area contributed by atoms with Crippen LogP contribution in [-0.4, -0.2) is 0 Å². The Kier molecular flexibility index (Phi) is 8.88. The standard InChI is InChI=1S/C64H48N2O2/c1-63(2)55-33-41(25-29-51(55)53-31-27-49(39-57(53)63)65(45-17-9-5-10-18-45)46-19-11-6-12-20-46)59-35-43-37-62-44(38-61(43)67-59)36-60(68-62)42-26-30-52-54-32-28-50(40-58(54)64(3,4)56(52)34-42)66(47-21-13-7-14-22-47)48-23-15-8-16-24-48/h5-40H,1-4H3. The van der Waals surface area contributed by atoms with E-state index in [0.29, 0.717) is 0 Å². The average molecular weight is 877 g/mol. The Labute approximate surface area is 397 Å². The molecule has 0 fully saturated rings. The lowest BCUT2D eigenvalue weighted by Gasteiger charge is -2.28. The minimum atomic E-state index is -0.220. The lowest BCUT2D eigenvalue weighted by atomic mass is 9.81. The Morgan fingerprint density at radius 1 is 0.294 bits per heavy atom. The molecule has 2 aromatic heterocycles. The molecule has 0 aliphatic heterocycles. The van der Waals surface area contributed by atoms with Gasteiger partial charge in [-0.25, -0.2) is 0 Å². The SMILES string of the molecule is CC1(C)c2cc(-c3cc4cc5oc(-c6ccc7c(c6)C(C)(C)c6cc(N(c8ccccc8)c8ccccc8)ccc6-7)cc5cc4o3)ccc2-c2ccc(N(c3ccccc3)c3ccccc3)cc21. The van der Waals surface area contributed by atoms with Gasteiger partial charge in [-0.2, -0.15) is 0 Å². The number of rotatable bonds is 8. The van der Waals surface area contributed by atoms with E-state index >= 15 is 0 Å². The van der Waals surface area contributed by atoms with Gasteiger partial charge in [-0.3, -0.25) is 0 Å². The molecule has 9 aromatic carbocycles. The Bertz CT molecular complexity index is 3360. The van der Waals surface area contributed by atoms with Crippen LogP contribution in [0.1, 0.15) is 49.9 Å². The van der Waals surface area contributed by atoms with Crippen LogP contribution in [0.2, 0.25) is 0 Å². The van der Waals surface area contributed by atoms with Crippen molar-refractivity contribution in [1.82, 2.24) is 0 Å². The first kappa shape index (κ1) is 40.0. The van der Waals surface area contributed by atoms with Gasteiger partial charge in [0.15, 0.2) is 0 Å². The van der Waals surface area contributed by atoms with Crippen molar-refractivity contribution in [3.63, 3.8) is 0 Å². The van der Waals surface area contributed by atoms with Gasteiger partial charge in [0.05, 0.1) is 0 Å². The summed E-state index contributed by atoms with van der Waals surface area (Å²) in [6.45, 7) is 9.37. The normalized spacial score (nSPS) is 13.8. The predicted octanol–water partition coefficient (Wildman–Crippen LogP) is 18.1. The molecule has 68 heavy (non-hydrogen) atoms. The molecule has 0 spiro atoms. The molecule has 0 saturated carbocycles. The van der Waals surface area contributed by atoms with Crippen molar-refractivity contribution in [2.24, 2.45) is 0 Å². The number of hydrogen-bond donors (Lipinski definition) is 0. The Balaban J connectivity index is 0.795. The fourth-order valence-corrected chi connectivity index (χ4v) is 11.1. The summed E-state index contributed by atoms with van der Waals surface area (Å²) in [6.07, 6.45) is 0. The van der Waals surface area contributed by atoms with Crippen LogP contribution in [0.5, 0.6) is 0 Å². The van der Waals surface area contributed by atoms with E-state index in [4.69, 9.17) is 8.83 Å². The van der Waals surface area contributed by atoms with Crippen molar-refractivity contribution in [3.8, 4) is 44.9 Å². The van der Waals surface area contributed by atoms with Gasteiger partial charge < -0.3 is 18.6 Å². The summed E-state index contributed by atoms with van der Waals surface area (Å²) in [5.74, 6) is 1.70. The van der Waals surface area contributed by atoms with Gasteiger partial charge in [-0.05, 0) is 154 Å². The zero-order chi connectivity index (χ0) is 45.7. The van der Waals surface area contributed by atoms with E-state index in [1.807, 2.05) is 0 Å². The quantitative estimate of drug-likeness (QED) is 0.152. The minimum Gasteiger partial charge on any atom is -0.456 e. The largest absolute Gasteiger partial charge is 0.456 e. The molecular formula is C64H48N2O2. The molecular weight excluding hydrogens is 829 g/mol. The van der Waals surface area contributed by atoms with Crippen molar-refractivity contribution in [1.29, 1.82) is 0 Å². The summed E-state index contributed by atoms with van der Waals surface area (Å²) in [5.41, 5.74) is 20.5. The number of furan rings is 2. The molecule has 0 radical (unpaired) electrons. The van der Waals surface area contributed by atoms with Crippen LogP contribution < -0.4 is 9.80 Å². The monoisotopic (exact) mass is 876 g/mol. The van der Waals surface area contributed by atoms with E-state index < -0.39 is 0 Å². The average Bonchev–Trinajstić information content (AvgIpc) is 4.10. The molecule has 4 heteroatoms. The molecule has 0 amide bonds. The number of hydrogen-bond acceptors (Lipinski definition) is 4. The number of nitrogens with zero attached hydrogens (tertiary/aromatic N) is 2. The van der Waals surface area contributed by atoms with Crippen LogP contribution in [0.3, 0.4) is 0 Å². The fourth-order valence-electron chi connectivity index (χ4n) is 11.1. The third kappa shape index (κ3) is 6.28. The summed E-state index contributed by atoms with van der Waals surface area (Å²) in [7, 11) is 0. The molecule has 0 bridgehead atoms. The molecule has 326 valence electrons. The predicted molar refractivity (Wildman–Crippen MR) is 281 cm³/mol. The van der Waals surface area contributed by atoms with Crippen LogP contribution in [0.15, 0.2) is 227 Å². The van der Waals surface area contributed by atoms with Crippen LogP contribution >= 0.6 is 0 Å². The highest BCUT2D eigenvalue weighted by Gasteiger charge is 2.38. The molecule has 4 nitrogen and oxygen atoms in total. The van der Waals surface area contributed by atoms with Gasteiger partial charge in [-0.15, -0.1) is 0 Å². The minimum absolute atomic E-state index is 0.220. The number of anilines is 6. The maximum atomic E-state index is 6.69. The second-order valence-corrected chi connectivity index (χ2v) is 19.4. The topological polar surface area (TPSA) is 32.8 Å². The highest BCUT2D eigenvalue weighted by Crippen LogP contribution is 2.54. The van der Waals surface area contributed by atoms with Gasteiger partial charge in [0.2, 0.25) is 0 Å². The molecule has 2 aliphatic rings. The van der Waals surface area contributed by atoms with Gasteiger partial charge in [0, 0.05) is 66.9 Å². The van der Waals surface area contributed by atoms with Crippen LogP contribution in [0.4, 0.5) is 34.1 Å². The van der Waals surface area contributed by atoms with Gasteiger partial charge >= 0.3 is 0 Å². The third-order valence-corrected chi connectivity index (χ3v) is 14.6. The Morgan fingerprint density at radius 3 is 0.941 bits per heavy atom. The van der Waals surface area contributed by atoms with Crippen molar-refractivity contribution >= 4 is 56.1 Å². The maximum absolute atomic E-state index is 6.69. The van der Waals surface area contributed by atoms with E-state index in [1.165, 1.54) is 44.5 Å². The lowest BCUT2D eigenvalue weighted by molar-refractivity contribution is 0.626. The molecule has 11 aromatic rings. The Morgan fingerprint density at radius 2 is 0.603 bits per heavy atom. The lowest BCUT2D eigenvalue weighted by Crippen LogP contribution is -2.16. The van der Waals surface area contributed by atoms with E-state index in [1.54, 1.807) is 0 Å². The molecule has 0 atom stereocenters. The van der Waals surface area contributed by atoms with Crippen molar-refractivity contribution in [3.05, 3.63) is 241 Å². The molecule has 13 rings (SSSR count). The first-order valence-corrected chi connectivity index (χ1v) is 23.6. The smallest absolute Gasteiger partial charge is 0.135 e. The molecule has 2 heterocycles. The highest BCUT2D eigenvalue weighted by atomic mass is 16.3. The number of para-hydroxylation sites is 4. The first-order valence-electron chi connectivity index (χ1n) is 23.6. The van der Waals surface area contributed by atoms with Gasteiger partial charge in [-0.1, -0.05) is 137 Å². The van der Waals surface area contributed by atoms with E-state index in [9.17, 15) is 0 Å². The highest BCUT2D eigenvalue weighted by molar-refractivity contribution is 5.98. The summed E-state index contributed by atoms with van der Waals surface area (Å²) in [5, 5.41) is 2.04. The number of fused-ring (bicyclic) bond motifs is 8.